The Labute approximate surface area is 118 Å². The largest absolute Gasteiger partial charge is 0.465 e. The monoisotopic (exact) mass is 285 g/mol. The summed E-state index contributed by atoms with van der Waals surface area (Å²) in [7, 11) is 0. The van der Waals surface area contributed by atoms with Gasteiger partial charge >= 0.3 is 5.97 Å². The Kier molecular flexibility index (Phi) is 6.44. The zero-order valence-electron chi connectivity index (χ0n) is 12.2. The number of nitrogens with one attached hydrogen (secondary N) is 3. The molecule has 20 heavy (non-hydrogen) atoms. The van der Waals surface area contributed by atoms with Gasteiger partial charge in [0.2, 0.25) is 11.8 Å². The topological polar surface area (TPSA) is 96.5 Å². The van der Waals surface area contributed by atoms with Gasteiger partial charge in [0.1, 0.15) is 6.04 Å². The summed E-state index contributed by atoms with van der Waals surface area (Å²) in [6, 6.07) is -0.343. The third-order valence-electron chi connectivity index (χ3n) is 3.19. The van der Waals surface area contributed by atoms with E-state index in [1.807, 2.05) is 0 Å². The van der Waals surface area contributed by atoms with Gasteiger partial charge in [-0.1, -0.05) is 13.8 Å². The first kappa shape index (κ1) is 16.4. The molecule has 1 rings (SSSR count). The molecule has 0 bridgehead atoms. The number of esters is 1. The molecule has 2 atom stereocenters. The molecule has 0 saturated carbocycles. The highest BCUT2D eigenvalue weighted by atomic mass is 16.5. The molecular formula is C13H23N3O4. The summed E-state index contributed by atoms with van der Waals surface area (Å²) in [4.78, 5) is 34.7. The molecule has 7 nitrogen and oxygen atoms in total. The Hall–Kier alpha value is -1.63. The van der Waals surface area contributed by atoms with Crippen molar-refractivity contribution < 1.29 is 19.1 Å². The maximum atomic E-state index is 11.8. The minimum atomic E-state index is -0.343. The molecule has 2 unspecified atom stereocenters. The van der Waals surface area contributed by atoms with Crippen molar-refractivity contribution in [3.8, 4) is 0 Å². The van der Waals surface area contributed by atoms with Gasteiger partial charge in [-0.05, 0) is 19.8 Å². The number of piperidine rings is 1. The highest BCUT2D eigenvalue weighted by molar-refractivity contribution is 5.84. The summed E-state index contributed by atoms with van der Waals surface area (Å²) >= 11 is 0. The van der Waals surface area contributed by atoms with Crippen LogP contribution >= 0.6 is 0 Å². The van der Waals surface area contributed by atoms with Gasteiger partial charge in [-0.25, -0.2) is 0 Å². The van der Waals surface area contributed by atoms with E-state index in [1.54, 1.807) is 20.8 Å². The number of hydrogen-bond donors (Lipinski definition) is 3. The number of ether oxygens (including phenoxy) is 1. The molecule has 3 N–H and O–H groups in total. The zero-order chi connectivity index (χ0) is 15.1. The van der Waals surface area contributed by atoms with Crippen LogP contribution in [0.5, 0.6) is 0 Å². The molecule has 114 valence electrons. The van der Waals surface area contributed by atoms with E-state index in [4.69, 9.17) is 4.74 Å². The van der Waals surface area contributed by atoms with Crippen LogP contribution in [-0.2, 0) is 19.1 Å². The van der Waals surface area contributed by atoms with Gasteiger partial charge in [-0.15, -0.1) is 0 Å². The normalized spacial score (nSPS) is 22.2. The van der Waals surface area contributed by atoms with E-state index in [1.165, 1.54) is 0 Å². The zero-order valence-corrected chi connectivity index (χ0v) is 12.2. The lowest BCUT2D eigenvalue weighted by molar-refractivity contribution is -0.147. The summed E-state index contributed by atoms with van der Waals surface area (Å²) in [5, 5.41) is 3.00. The van der Waals surface area contributed by atoms with Crippen molar-refractivity contribution in [3.63, 3.8) is 0 Å². The van der Waals surface area contributed by atoms with Crippen LogP contribution in [0.1, 0.15) is 33.6 Å². The van der Waals surface area contributed by atoms with E-state index < -0.39 is 0 Å². The van der Waals surface area contributed by atoms with Gasteiger partial charge in [0.25, 0.3) is 0 Å². The van der Waals surface area contributed by atoms with Crippen molar-refractivity contribution in [1.82, 2.24) is 16.2 Å². The molecule has 0 aromatic carbocycles. The van der Waals surface area contributed by atoms with Crippen molar-refractivity contribution in [1.29, 1.82) is 0 Å². The van der Waals surface area contributed by atoms with Gasteiger partial charge < -0.3 is 10.1 Å². The molecule has 2 amide bonds. The Morgan fingerprint density at radius 1 is 1.25 bits per heavy atom. The average molecular weight is 285 g/mol. The smallest absolute Gasteiger partial charge is 0.323 e. The van der Waals surface area contributed by atoms with E-state index in [0.29, 0.717) is 26.0 Å². The molecule has 0 spiro atoms. The van der Waals surface area contributed by atoms with Crippen molar-refractivity contribution in [2.75, 3.05) is 13.2 Å². The van der Waals surface area contributed by atoms with Crippen LogP contribution in [0.3, 0.4) is 0 Å². The fourth-order valence-corrected chi connectivity index (χ4v) is 1.89. The Morgan fingerprint density at radius 2 is 1.95 bits per heavy atom. The molecule has 0 aromatic rings. The number of hydrogen-bond acceptors (Lipinski definition) is 5. The fraction of sp³-hybridized carbons (Fsp3) is 0.769. The van der Waals surface area contributed by atoms with Crippen molar-refractivity contribution >= 4 is 17.8 Å². The number of hydrazine groups is 1. The van der Waals surface area contributed by atoms with Crippen molar-refractivity contribution in [3.05, 3.63) is 0 Å². The second kappa shape index (κ2) is 7.84. The first-order valence-corrected chi connectivity index (χ1v) is 6.95. The average Bonchev–Trinajstić information content (AvgIpc) is 2.44. The first-order chi connectivity index (χ1) is 9.45. The number of amides is 2. The van der Waals surface area contributed by atoms with Crippen LogP contribution < -0.4 is 16.2 Å². The summed E-state index contributed by atoms with van der Waals surface area (Å²) in [5.74, 6) is -1.19. The first-order valence-electron chi connectivity index (χ1n) is 6.95. The van der Waals surface area contributed by atoms with Crippen LogP contribution in [-0.4, -0.2) is 37.0 Å². The second-order valence-corrected chi connectivity index (χ2v) is 5.12. The van der Waals surface area contributed by atoms with E-state index in [2.05, 4.69) is 16.2 Å². The van der Waals surface area contributed by atoms with Gasteiger partial charge in [-0.3, -0.25) is 25.2 Å². The van der Waals surface area contributed by atoms with E-state index in [-0.39, 0.29) is 35.7 Å². The Morgan fingerprint density at radius 3 is 2.45 bits per heavy atom. The van der Waals surface area contributed by atoms with Gasteiger partial charge in [0.15, 0.2) is 0 Å². The number of carbonyl (C=O) groups excluding carboxylic acids is 3. The quantitative estimate of drug-likeness (QED) is 0.488. The summed E-state index contributed by atoms with van der Waals surface area (Å²) in [6.45, 7) is 5.99. The van der Waals surface area contributed by atoms with Crippen LogP contribution in [0.15, 0.2) is 0 Å². The van der Waals surface area contributed by atoms with E-state index in [9.17, 15) is 14.4 Å². The maximum Gasteiger partial charge on any atom is 0.323 e. The third-order valence-corrected chi connectivity index (χ3v) is 3.19. The van der Waals surface area contributed by atoms with Crippen molar-refractivity contribution in [2.24, 2.45) is 11.8 Å². The predicted molar refractivity (Wildman–Crippen MR) is 72.3 cm³/mol. The second-order valence-electron chi connectivity index (χ2n) is 5.12. The van der Waals surface area contributed by atoms with Crippen LogP contribution in [0.2, 0.25) is 0 Å². The molecule has 1 aliphatic heterocycles. The highest BCUT2D eigenvalue weighted by Crippen LogP contribution is 2.15. The van der Waals surface area contributed by atoms with E-state index in [0.717, 1.165) is 0 Å². The van der Waals surface area contributed by atoms with Crippen LogP contribution in [0.25, 0.3) is 0 Å². The fourth-order valence-electron chi connectivity index (χ4n) is 1.89. The molecule has 0 radical (unpaired) electrons. The lowest BCUT2D eigenvalue weighted by Gasteiger charge is -2.27. The van der Waals surface area contributed by atoms with Gasteiger partial charge in [0, 0.05) is 12.5 Å². The van der Waals surface area contributed by atoms with Crippen LogP contribution in [0.4, 0.5) is 0 Å². The summed E-state index contributed by atoms with van der Waals surface area (Å²) < 4.78 is 4.92. The molecule has 1 heterocycles. The number of rotatable bonds is 4. The Balaban J connectivity index is 2.32. The van der Waals surface area contributed by atoms with E-state index >= 15 is 0 Å². The molecule has 1 aliphatic rings. The predicted octanol–water partition coefficient (Wildman–Crippen LogP) is -0.279. The Bertz CT molecular complexity index is 363. The SMILES string of the molecule is CCOC(=O)C1CCC(C(=O)NNC(=O)C(C)C)CN1. The standard InChI is InChI=1S/C13H23N3O4/c1-4-20-13(19)10-6-5-9(7-14-10)12(18)16-15-11(17)8(2)3/h8-10,14H,4-7H2,1-3H3,(H,15,17)(H,16,18). The minimum absolute atomic E-state index is 0.187. The summed E-state index contributed by atoms with van der Waals surface area (Å²) in [5.41, 5.74) is 4.78. The number of carbonyl (C=O) groups is 3. The van der Waals surface area contributed by atoms with Gasteiger partial charge in [-0.2, -0.15) is 0 Å². The molecule has 1 saturated heterocycles. The third kappa shape index (κ3) is 4.80. The molecule has 1 fully saturated rings. The van der Waals surface area contributed by atoms with Crippen LogP contribution in [0, 0.1) is 11.8 Å². The van der Waals surface area contributed by atoms with Crippen molar-refractivity contribution in [2.45, 2.75) is 39.7 Å². The molecular weight excluding hydrogens is 262 g/mol. The lowest BCUT2D eigenvalue weighted by Crippen LogP contribution is -2.52. The molecule has 0 aliphatic carbocycles. The van der Waals surface area contributed by atoms with Gasteiger partial charge in [0.05, 0.1) is 12.5 Å². The highest BCUT2D eigenvalue weighted by Gasteiger charge is 2.30. The lowest BCUT2D eigenvalue weighted by atomic mass is 9.94. The molecule has 7 heteroatoms. The summed E-state index contributed by atoms with van der Waals surface area (Å²) in [6.07, 6.45) is 1.13. The maximum absolute atomic E-state index is 11.8. The minimum Gasteiger partial charge on any atom is -0.465 e. The molecule has 0 aromatic heterocycles.